The number of hydrogen-bond donors (Lipinski definition) is 1. The highest BCUT2D eigenvalue weighted by molar-refractivity contribution is 5.85. The molecule has 3 aliphatic heterocycles. The maximum atomic E-state index is 14.2. The van der Waals surface area contributed by atoms with Crippen molar-refractivity contribution >= 4 is 11.9 Å². The Morgan fingerprint density at radius 1 is 0.919 bits per heavy atom. The number of nitrogens with one attached hydrogen (secondary N) is 1. The van der Waals surface area contributed by atoms with Gasteiger partial charge in [-0.1, -0.05) is 84.9 Å². The van der Waals surface area contributed by atoms with Gasteiger partial charge in [0.1, 0.15) is 6.54 Å². The van der Waals surface area contributed by atoms with Crippen LogP contribution < -0.4 is 10.4 Å². The predicted octanol–water partition coefficient (Wildman–Crippen LogP) is 3.07. The van der Waals surface area contributed by atoms with Crippen LogP contribution in [0.25, 0.3) is 0 Å². The van der Waals surface area contributed by atoms with Gasteiger partial charge < -0.3 is 19.6 Å². The van der Waals surface area contributed by atoms with E-state index >= 15 is 0 Å². The van der Waals surface area contributed by atoms with Crippen LogP contribution in [0.5, 0.6) is 0 Å². The number of benzene rings is 3. The Hall–Kier alpha value is -3.48. The first-order chi connectivity index (χ1) is 17.9. The van der Waals surface area contributed by atoms with Gasteiger partial charge in [0.25, 0.3) is 5.91 Å². The van der Waals surface area contributed by atoms with Crippen LogP contribution in [0.15, 0.2) is 84.9 Å². The highest BCUT2D eigenvalue weighted by Gasteiger charge is 2.49. The molecule has 3 aromatic carbocycles. The lowest BCUT2D eigenvalue weighted by Gasteiger charge is -2.52. The molecule has 37 heavy (non-hydrogen) atoms. The predicted molar refractivity (Wildman–Crippen MR) is 139 cm³/mol. The van der Waals surface area contributed by atoms with E-state index < -0.39 is 11.6 Å². The van der Waals surface area contributed by atoms with Crippen molar-refractivity contribution in [3.05, 3.63) is 107 Å². The first-order valence-electron chi connectivity index (χ1n) is 13.1. The van der Waals surface area contributed by atoms with Gasteiger partial charge in [0.05, 0.1) is 13.1 Å². The zero-order valence-electron chi connectivity index (χ0n) is 21.3. The lowest BCUT2D eigenvalue weighted by Crippen LogP contribution is -2.67. The second kappa shape index (κ2) is 10.5. The molecule has 3 heterocycles. The Kier molecular flexibility index (Phi) is 7.13. The van der Waals surface area contributed by atoms with E-state index in [9.17, 15) is 14.7 Å². The molecule has 0 aliphatic carbocycles. The standard InChI is InChI=1S/C31H34N2O4/c1-23-10-8-9-11-25(23)20-32-29(34)22-33-18-16-24(17-19-33)28(21-33)37-30(35)31(36,26-12-4-2-5-13-26)27-14-6-3-7-15-27/h2-15,24,28H,16-22H2,1H3,(H,32,34). The Balaban J connectivity index is 1.29. The molecular weight excluding hydrogens is 464 g/mol. The van der Waals surface area contributed by atoms with Crippen molar-refractivity contribution in [2.45, 2.75) is 38.0 Å². The number of hydrogen-bond acceptors (Lipinski definition) is 4. The van der Waals surface area contributed by atoms with E-state index in [1.165, 1.54) is 0 Å². The zero-order valence-corrected chi connectivity index (χ0v) is 21.3. The molecule has 1 unspecified atom stereocenters. The molecule has 0 radical (unpaired) electrons. The third-order valence-electron chi connectivity index (χ3n) is 8.16. The van der Waals surface area contributed by atoms with Crippen LogP contribution in [0.1, 0.15) is 35.1 Å². The molecule has 0 saturated carbocycles. The molecule has 2 bridgehead atoms. The van der Waals surface area contributed by atoms with Crippen LogP contribution in [0.3, 0.4) is 0 Å². The van der Waals surface area contributed by atoms with Crippen LogP contribution >= 0.6 is 0 Å². The van der Waals surface area contributed by atoms with E-state index in [1.54, 1.807) is 48.5 Å². The van der Waals surface area contributed by atoms with E-state index in [0.29, 0.717) is 35.2 Å². The quantitative estimate of drug-likeness (QED) is 0.383. The van der Waals surface area contributed by atoms with Gasteiger partial charge in [-0.3, -0.25) is 9.59 Å². The number of carbonyl (C=O) groups excluding carboxylic acids is 2. The van der Waals surface area contributed by atoms with Gasteiger partial charge in [0.2, 0.25) is 0 Å². The molecule has 6 heteroatoms. The van der Waals surface area contributed by atoms with Gasteiger partial charge in [0.15, 0.2) is 12.6 Å². The van der Waals surface area contributed by atoms with Crippen molar-refractivity contribution in [2.24, 2.45) is 5.92 Å². The van der Waals surface area contributed by atoms with E-state index in [4.69, 9.17) is 4.74 Å². The highest BCUT2D eigenvalue weighted by atomic mass is 16.6. The van der Waals surface area contributed by atoms with E-state index in [1.807, 2.05) is 43.3 Å². The van der Waals surface area contributed by atoms with E-state index in [-0.39, 0.29) is 17.9 Å². The number of nitrogens with zero attached hydrogens (tertiary/aromatic N) is 1. The van der Waals surface area contributed by atoms with Gasteiger partial charge in [-0.05, 0) is 29.2 Å². The average Bonchev–Trinajstić information content (AvgIpc) is 2.93. The fraction of sp³-hybridized carbons (Fsp3) is 0.355. The van der Waals surface area contributed by atoms with Crippen LogP contribution in [0.4, 0.5) is 0 Å². The molecule has 6 rings (SSSR count). The summed E-state index contributed by atoms with van der Waals surface area (Å²) >= 11 is 0. The Morgan fingerprint density at radius 3 is 2.08 bits per heavy atom. The fourth-order valence-corrected chi connectivity index (χ4v) is 5.91. The van der Waals surface area contributed by atoms with E-state index in [2.05, 4.69) is 5.32 Å². The molecule has 3 fully saturated rings. The molecule has 0 aromatic heterocycles. The summed E-state index contributed by atoms with van der Waals surface area (Å²) in [5, 5.41) is 17.3. The molecule has 1 N–H and O–H groups in total. The fourth-order valence-electron chi connectivity index (χ4n) is 5.91. The molecule has 0 spiro atoms. The second-order valence-corrected chi connectivity index (χ2v) is 10.5. The molecular formula is C31H34N2O4. The maximum absolute atomic E-state index is 14.2. The molecule has 6 nitrogen and oxygen atoms in total. The molecule has 3 aliphatic rings. The molecule has 192 valence electrons. The first-order valence-corrected chi connectivity index (χ1v) is 13.1. The summed E-state index contributed by atoms with van der Waals surface area (Å²) in [6.45, 7) is 5.23. The third-order valence-corrected chi connectivity index (χ3v) is 8.16. The summed E-state index contributed by atoms with van der Waals surface area (Å²) in [7, 11) is 0. The number of quaternary nitrogens is 1. The first kappa shape index (κ1) is 25.2. The van der Waals surface area contributed by atoms with Crippen molar-refractivity contribution in [1.82, 2.24) is 5.32 Å². The largest absolute Gasteiger partial charge is 0.834 e. The molecule has 1 atom stereocenters. The average molecular weight is 499 g/mol. The Morgan fingerprint density at radius 2 is 1.49 bits per heavy atom. The van der Waals surface area contributed by atoms with Gasteiger partial charge in [-0.15, -0.1) is 0 Å². The lowest BCUT2D eigenvalue weighted by molar-refractivity contribution is -0.939. The van der Waals surface area contributed by atoms with Gasteiger partial charge >= 0.3 is 5.97 Å². The number of rotatable bonds is 8. The second-order valence-electron chi connectivity index (χ2n) is 10.5. The smallest absolute Gasteiger partial charge is 0.304 e. The minimum atomic E-state index is -2.15. The summed E-state index contributed by atoms with van der Waals surface area (Å²) < 4.78 is 6.65. The lowest BCUT2D eigenvalue weighted by atomic mass is 9.82. The number of carbonyl (C=O) groups is 2. The minimum Gasteiger partial charge on any atom is -0.834 e. The summed E-state index contributed by atoms with van der Waals surface area (Å²) in [4.78, 5) is 26.6. The van der Waals surface area contributed by atoms with Crippen molar-refractivity contribution < 1.29 is 23.9 Å². The summed E-state index contributed by atoms with van der Waals surface area (Å²) in [5.74, 6) is -0.555. The van der Waals surface area contributed by atoms with Crippen LogP contribution in [0, 0.1) is 12.8 Å². The van der Waals surface area contributed by atoms with Crippen LogP contribution in [-0.4, -0.2) is 48.6 Å². The van der Waals surface area contributed by atoms with Crippen molar-refractivity contribution in [3.63, 3.8) is 0 Å². The van der Waals surface area contributed by atoms with Crippen molar-refractivity contribution in [3.8, 4) is 0 Å². The topological polar surface area (TPSA) is 78.5 Å². The number of fused-ring (bicyclic) bond motifs is 3. The van der Waals surface area contributed by atoms with Crippen molar-refractivity contribution in [2.75, 3.05) is 26.2 Å². The minimum absolute atomic E-state index is 0.000391. The normalized spacial score (nSPS) is 22.9. The molecule has 1 amide bonds. The molecule has 3 saturated heterocycles. The number of aryl methyl sites for hydroxylation is 1. The number of piperidine rings is 3. The maximum Gasteiger partial charge on any atom is 0.304 e. The summed E-state index contributed by atoms with van der Waals surface area (Å²) in [5.41, 5.74) is 0.843. The van der Waals surface area contributed by atoms with Gasteiger partial charge in [0, 0.05) is 30.9 Å². The van der Waals surface area contributed by atoms with Crippen molar-refractivity contribution in [1.29, 1.82) is 0 Å². The number of esters is 1. The van der Waals surface area contributed by atoms with Crippen LogP contribution in [0.2, 0.25) is 0 Å². The summed E-state index contributed by atoms with van der Waals surface area (Å²) in [6, 6.07) is 25.5. The van der Waals surface area contributed by atoms with Crippen LogP contribution in [-0.2, 0) is 26.5 Å². The highest BCUT2D eigenvalue weighted by Crippen LogP contribution is 2.37. The number of ether oxygens (including phenoxy) is 1. The number of amides is 1. The zero-order chi connectivity index (χ0) is 25.9. The monoisotopic (exact) mass is 498 g/mol. The van der Waals surface area contributed by atoms with Gasteiger partial charge in [-0.25, -0.2) is 0 Å². The van der Waals surface area contributed by atoms with Gasteiger partial charge in [-0.2, -0.15) is 0 Å². The SMILES string of the molecule is Cc1ccccc1CNC(=O)C[N+]12CCC(CC1)C(OC(=O)C([O-])(c1ccccc1)c1ccccc1)C2. The summed E-state index contributed by atoms with van der Waals surface area (Å²) in [6.07, 6.45) is 1.39. The Bertz CT molecular complexity index is 1200. The molecule has 3 aromatic rings. The third kappa shape index (κ3) is 5.17. The Labute approximate surface area is 218 Å². The van der Waals surface area contributed by atoms with E-state index in [0.717, 1.165) is 37.1 Å².